The van der Waals surface area contributed by atoms with Crippen LogP contribution in [-0.4, -0.2) is 82.7 Å². The van der Waals surface area contributed by atoms with Crippen molar-refractivity contribution in [2.45, 2.75) is 180 Å². The number of aliphatic hydroxyl groups is 3. The van der Waals surface area contributed by atoms with E-state index in [-0.39, 0.29) is 37.1 Å². The third kappa shape index (κ3) is 29.6. The molecule has 0 heterocycles. The van der Waals surface area contributed by atoms with E-state index < -0.39 is 57.9 Å². The molecule has 1 rings (SSSR count). The fourth-order valence-corrected chi connectivity index (χ4v) is 7.25. The number of phosphoric ester groups is 1. The van der Waals surface area contributed by atoms with Crippen LogP contribution in [0.2, 0.25) is 0 Å². The second kappa shape index (κ2) is 33.6. The number of esters is 2. The first kappa shape index (κ1) is 52.8. The Labute approximate surface area is 343 Å². The van der Waals surface area contributed by atoms with E-state index in [0.29, 0.717) is 32.1 Å². The maximum atomic E-state index is 12.7. The topological polar surface area (TPSA) is 186 Å². The average Bonchev–Trinajstić information content (AvgIpc) is 3.53. The molecule has 0 saturated carbocycles. The number of carbonyl (C=O) groups is 3. The lowest BCUT2D eigenvalue weighted by molar-refractivity contribution is -0.161. The summed E-state index contributed by atoms with van der Waals surface area (Å²) in [4.78, 5) is 47.5. The molecular formula is C44H77O12P. The largest absolute Gasteiger partial charge is 0.472 e. The highest BCUT2D eigenvalue weighted by Gasteiger charge is 2.28. The summed E-state index contributed by atoms with van der Waals surface area (Å²) in [5.74, 6) is -0.561. The highest BCUT2D eigenvalue weighted by atomic mass is 31.2. The molecule has 0 aliphatic heterocycles. The van der Waals surface area contributed by atoms with Crippen molar-refractivity contribution in [2.24, 2.45) is 17.8 Å². The fraction of sp³-hybridized carbons (Fsp3) is 0.795. The lowest BCUT2D eigenvalue weighted by atomic mass is 9.90. The van der Waals surface area contributed by atoms with Crippen molar-refractivity contribution in [3.05, 3.63) is 36.5 Å². The van der Waals surface area contributed by atoms with Crippen molar-refractivity contribution in [1.29, 1.82) is 0 Å². The predicted molar refractivity (Wildman–Crippen MR) is 223 cm³/mol. The molecule has 13 heteroatoms. The first-order valence-electron chi connectivity index (χ1n) is 21.9. The molecule has 1 unspecified atom stereocenters. The molecule has 1 aliphatic rings. The molecule has 0 radical (unpaired) electrons. The van der Waals surface area contributed by atoms with Crippen LogP contribution < -0.4 is 0 Å². The van der Waals surface area contributed by atoms with Gasteiger partial charge in [0.2, 0.25) is 0 Å². The zero-order valence-corrected chi connectivity index (χ0v) is 36.2. The zero-order chi connectivity index (χ0) is 42.2. The quantitative estimate of drug-likeness (QED) is 0.0202. The summed E-state index contributed by atoms with van der Waals surface area (Å²) in [5, 5.41) is 28.6. The van der Waals surface area contributed by atoms with E-state index in [0.717, 1.165) is 44.4 Å². The lowest BCUT2D eigenvalue weighted by Gasteiger charge is -2.20. The van der Waals surface area contributed by atoms with Crippen molar-refractivity contribution in [1.82, 2.24) is 0 Å². The van der Waals surface area contributed by atoms with E-state index in [1.165, 1.54) is 57.8 Å². The second-order valence-corrected chi connectivity index (χ2v) is 17.3. The van der Waals surface area contributed by atoms with Crippen molar-refractivity contribution < 1.29 is 57.7 Å². The lowest BCUT2D eigenvalue weighted by Crippen LogP contribution is -2.29. The van der Waals surface area contributed by atoms with Crippen molar-refractivity contribution >= 4 is 25.5 Å². The SMILES string of the molecule is CCCCC[C@H](O)/C=C/[C@H]1C(=O)C=C[C@@H]1C/C=C\CCCC(=O)O[C@H](COC(=O)CCCCCCCCCCCCCCC(C)C)COP(=O)(O)OC[C@@H](O)CO. The van der Waals surface area contributed by atoms with Crippen LogP contribution in [0.3, 0.4) is 0 Å². The molecule has 0 aromatic rings. The maximum absolute atomic E-state index is 12.7. The maximum Gasteiger partial charge on any atom is 0.472 e. The van der Waals surface area contributed by atoms with Gasteiger partial charge in [0.05, 0.1) is 25.9 Å². The van der Waals surface area contributed by atoms with Gasteiger partial charge in [-0.3, -0.25) is 23.4 Å². The summed E-state index contributed by atoms with van der Waals surface area (Å²) in [6.45, 7) is 4.37. The van der Waals surface area contributed by atoms with E-state index >= 15 is 0 Å². The number of hydrogen-bond acceptors (Lipinski definition) is 11. The van der Waals surface area contributed by atoms with Gasteiger partial charge in [-0.1, -0.05) is 147 Å². The molecule has 0 fully saturated rings. The number of unbranched alkanes of at least 4 members (excludes halogenated alkanes) is 14. The Morgan fingerprint density at radius 3 is 2.02 bits per heavy atom. The highest BCUT2D eigenvalue weighted by molar-refractivity contribution is 7.47. The molecule has 4 N–H and O–H groups in total. The Morgan fingerprint density at radius 2 is 1.39 bits per heavy atom. The Kier molecular flexibility index (Phi) is 31.2. The number of ketones is 1. The van der Waals surface area contributed by atoms with Crippen molar-refractivity contribution in [3.8, 4) is 0 Å². The first-order valence-corrected chi connectivity index (χ1v) is 23.4. The molecule has 0 aromatic carbocycles. The van der Waals surface area contributed by atoms with Gasteiger partial charge in [-0.15, -0.1) is 0 Å². The van der Waals surface area contributed by atoms with Crippen LogP contribution in [0, 0.1) is 17.8 Å². The molecule has 0 spiro atoms. The Balaban J connectivity index is 2.44. The number of ether oxygens (including phenoxy) is 2. The molecule has 6 atom stereocenters. The van der Waals surface area contributed by atoms with E-state index in [1.807, 2.05) is 24.3 Å². The Morgan fingerprint density at radius 1 is 0.789 bits per heavy atom. The van der Waals surface area contributed by atoms with Crippen LogP contribution in [0.5, 0.6) is 0 Å². The number of hydrogen-bond donors (Lipinski definition) is 4. The van der Waals surface area contributed by atoms with Gasteiger partial charge in [0, 0.05) is 18.8 Å². The summed E-state index contributed by atoms with van der Waals surface area (Å²) in [6.07, 6.45) is 28.9. The summed E-state index contributed by atoms with van der Waals surface area (Å²) < 4.78 is 32.7. The molecular weight excluding hydrogens is 751 g/mol. The van der Waals surface area contributed by atoms with Crippen molar-refractivity contribution in [2.75, 3.05) is 26.4 Å². The van der Waals surface area contributed by atoms with Gasteiger partial charge in [-0.2, -0.15) is 0 Å². The van der Waals surface area contributed by atoms with Gasteiger partial charge in [-0.05, 0) is 50.0 Å². The molecule has 0 aromatic heterocycles. The fourth-order valence-electron chi connectivity index (χ4n) is 6.46. The van der Waals surface area contributed by atoms with Crippen LogP contribution in [0.25, 0.3) is 0 Å². The van der Waals surface area contributed by atoms with Crippen LogP contribution in [0.1, 0.15) is 162 Å². The molecule has 1 aliphatic carbocycles. The van der Waals surface area contributed by atoms with Crippen LogP contribution in [0.15, 0.2) is 36.5 Å². The van der Waals surface area contributed by atoms with E-state index in [9.17, 15) is 34.1 Å². The van der Waals surface area contributed by atoms with Crippen LogP contribution in [-0.2, 0) is 37.5 Å². The van der Waals surface area contributed by atoms with E-state index in [2.05, 4.69) is 25.3 Å². The molecule has 0 saturated heterocycles. The first-order chi connectivity index (χ1) is 27.4. The number of aliphatic hydroxyl groups excluding tert-OH is 3. The minimum absolute atomic E-state index is 0.00148. The van der Waals surface area contributed by atoms with Gasteiger partial charge in [0.1, 0.15) is 12.7 Å². The number of phosphoric acid groups is 1. The number of rotatable bonds is 37. The van der Waals surface area contributed by atoms with Gasteiger partial charge in [0.25, 0.3) is 0 Å². The minimum Gasteiger partial charge on any atom is -0.462 e. The summed E-state index contributed by atoms with van der Waals surface area (Å²) in [6, 6.07) is 0. The van der Waals surface area contributed by atoms with Gasteiger partial charge in [0.15, 0.2) is 11.9 Å². The third-order valence-corrected chi connectivity index (χ3v) is 10.9. The van der Waals surface area contributed by atoms with Crippen LogP contribution in [0.4, 0.5) is 0 Å². The summed E-state index contributed by atoms with van der Waals surface area (Å²) in [5.41, 5.74) is 0. The van der Waals surface area contributed by atoms with E-state index in [4.69, 9.17) is 19.1 Å². The van der Waals surface area contributed by atoms with Gasteiger partial charge < -0.3 is 29.7 Å². The van der Waals surface area contributed by atoms with Crippen molar-refractivity contribution in [3.63, 3.8) is 0 Å². The summed E-state index contributed by atoms with van der Waals surface area (Å²) >= 11 is 0. The zero-order valence-electron chi connectivity index (χ0n) is 35.3. The Bertz CT molecular complexity index is 1200. The monoisotopic (exact) mass is 829 g/mol. The third-order valence-electron chi connectivity index (χ3n) is 9.97. The van der Waals surface area contributed by atoms with Gasteiger partial charge in [-0.25, -0.2) is 4.57 Å². The highest BCUT2D eigenvalue weighted by Crippen LogP contribution is 2.43. The average molecular weight is 829 g/mol. The number of carbonyl (C=O) groups excluding carboxylic acids is 3. The van der Waals surface area contributed by atoms with Gasteiger partial charge >= 0.3 is 19.8 Å². The molecule has 12 nitrogen and oxygen atoms in total. The molecule has 330 valence electrons. The minimum atomic E-state index is -4.67. The van der Waals surface area contributed by atoms with E-state index in [1.54, 1.807) is 12.2 Å². The smallest absolute Gasteiger partial charge is 0.462 e. The normalized spacial score (nSPS) is 18.4. The Hall–Kier alpha value is -2.18. The second-order valence-electron chi connectivity index (χ2n) is 15.9. The molecule has 0 bridgehead atoms. The number of allylic oxidation sites excluding steroid dienone is 5. The standard InChI is InChI=1S/C44H77O12P/c1-4-5-18-25-38(46)29-30-41-37(28-31-42(41)48)24-20-16-17-22-27-44(50)56-40(35-55-57(51,52)54-33-39(47)32-45)34-53-43(49)26-21-15-13-11-9-7-6-8-10-12-14-19-23-36(2)3/h16,20,28-31,36-41,45-47H,4-15,17-19,21-27,32-35H2,1-3H3,(H,51,52)/b20-16-,30-29+/t37-,38-,39-,40+,41+/m0/s1. The molecule has 0 amide bonds. The summed E-state index contributed by atoms with van der Waals surface area (Å²) in [7, 11) is -4.67. The predicted octanol–water partition coefficient (Wildman–Crippen LogP) is 9.03. The van der Waals surface area contributed by atoms with Crippen LogP contribution >= 0.6 is 7.82 Å². The molecule has 57 heavy (non-hydrogen) atoms.